The van der Waals surface area contributed by atoms with Gasteiger partial charge in [-0.2, -0.15) is 0 Å². The largest absolute Gasteiger partial charge is 0.486 e. The summed E-state index contributed by atoms with van der Waals surface area (Å²) in [5.41, 5.74) is 0. The van der Waals surface area contributed by atoms with E-state index in [1.54, 1.807) is 11.8 Å². The maximum atomic E-state index is 5.79. The maximum absolute atomic E-state index is 5.79. The maximum Gasteiger partial charge on any atom is 0.191 e. The highest BCUT2D eigenvalue weighted by atomic mass is 32.2. The van der Waals surface area contributed by atoms with Crippen LogP contribution in [0.15, 0.2) is 35.5 Å². The molecule has 0 saturated carbocycles. The quantitative estimate of drug-likeness (QED) is 0.683. The molecule has 1 fully saturated rings. The molecule has 1 aliphatic rings. The molecule has 1 aromatic heterocycles. The minimum absolute atomic E-state index is 0.439. The molecule has 0 bridgehead atoms. The Hall–Kier alpha value is -1.57. The smallest absolute Gasteiger partial charge is 0.191 e. The second-order valence-electron chi connectivity index (χ2n) is 5.55. The molecule has 6 nitrogen and oxygen atoms in total. The zero-order valence-electron chi connectivity index (χ0n) is 14.1. The van der Waals surface area contributed by atoms with Crippen LogP contribution in [0.5, 0.6) is 5.75 Å². The van der Waals surface area contributed by atoms with Gasteiger partial charge in [-0.1, -0.05) is 30.0 Å². The van der Waals surface area contributed by atoms with E-state index >= 15 is 0 Å². The number of ether oxygens (including phenoxy) is 2. The normalized spacial score (nSPS) is 15.5. The number of morpholine rings is 1. The van der Waals surface area contributed by atoms with Crippen molar-refractivity contribution < 1.29 is 9.47 Å². The first-order valence-corrected chi connectivity index (χ1v) is 9.38. The Morgan fingerprint density at radius 3 is 2.71 bits per heavy atom. The molecule has 2 aromatic rings. The highest BCUT2D eigenvalue weighted by Crippen LogP contribution is 2.19. The monoisotopic (exact) mass is 348 g/mol. The lowest BCUT2D eigenvalue weighted by atomic mass is 10.3. The molecule has 0 amide bonds. The van der Waals surface area contributed by atoms with Gasteiger partial charge in [0.1, 0.15) is 12.4 Å². The molecule has 1 saturated heterocycles. The van der Waals surface area contributed by atoms with Crippen LogP contribution in [0.4, 0.5) is 0 Å². The molecule has 0 N–H and O–H groups in total. The van der Waals surface area contributed by atoms with Crippen molar-refractivity contribution in [2.75, 3.05) is 38.6 Å². The second kappa shape index (κ2) is 9.05. The topological polar surface area (TPSA) is 52.4 Å². The standard InChI is InChI=1S/C17H24N4O2S/c1-2-21-16(14-23-15-6-4-3-5-7-15)18-19-17(21)24-13-10-20-8-11-22-12-9-20/h3-7H,2,8-14H2,1H3. The molecule has 1 aromatic carbocycles. The molecule has 0 radical (unpaired) electrons. The Balaban J connectivity index is 1.51. The van der Waals surface area contributed by atoms with Crippen molar-refractivity contribution >= 4 is 11.8 Å². The fourth-order valence-electron chi connectivity index (χ4n) is 2.61. The van der Waals surface area contributed by atoms with Gasteiger partial charge in [0.15, 0.2) is 11.0 Å². The van der Waals surface area contributed by atoms with E-state index in [-0.39, 0.29) is 0 Å². The average Bonchev–Trinajstić information content (AvgIpc) is 3.03. The van der Waals surface area contributed by atoms with Gasteiger partial charge in [-0.05, 0) is 19.1 Å². The summed E-state index contributed by atoms with van der Waals surface area (Å²) in [6.45, 7) is 8.19. The predicted molar refractivity (Wildman–Crippen MR) is 94.5 cm³/mol. The zero-order chi connectivity index (χ0) is 16.6. The third-order valence-corrected chi connectivity index (χ3v) is 4.91. The van der Waals surface area contributed by atoms with Gasteiger partial charge in [-0.15, -0.1) is 10.2 Å². The highest BCUT2D eigenvalue weighted by molar-refractivity contribution is 7.99. The molecule has 0 aliphatic carbocycles. The molecule has 2 heterocycles. The first-order chi connectivity index (χ1) is 11.9. The number of benzene rings is 1. The average molecular weight is 348 g/mol. The Morgan fingerprint density at radius 2 is 1.96 bits per heavy atom. The van der Waals surface area contributed by atoms with Crippen LogP contribution in [0.2, 0.25) is 0 Å². The molecule has 130 valence electrons. The van der Waals surface area contributed by atoms with Crippen molar-refractivity contribution in [1.82, 2.24) is 19.7 Å². The molecular weight excluding hydrogens is 324 g/mol. The molecule has 0 atom stereocenters. The lowest BCUT2D eigenvalue weighted by molar-refractivity contribution is 0.0410. The molecule has 0 spiro atoms. The van der Waals surface area contributed by atoms with Crippen LogP contribution in [0.3, 0.4) is 0 Å². The summed E-state index contributed by atoms with van der Waals surface area (Å²) < 4.78 is 13.3. The van der Waals surface area contributed by atoms with E-state index in [0.29, 0.717) is 6.61 Å². The molecule has 24 heavy (non-hydrogen) atoms. The molecule has 3 rings (SSSR count). The molecular formula is C17H24N4O2S. The summed E-state index contributed by atoms with van der Waals surface area (Å²) in [6.07, 6.45) is 0. The number of thioether (sulfide) groups is 1. The van der Waals surface area contributed by atoms with Crippen LogP contribution in [0, 0.1) is 0 Å². The van der Waals surface area contributed by atoms with Crippen molar-refractivity contribution in [2.24, 2.45) is 0 Å². The van der Waals surface area contributed by atoms with Gasteiger partial charge >= 0.3 is 0 Å². The predicted octanol–water partition coefficient (Wildman–Crippen LogP) is 2.30. The van der Waals surface area contributed by atoms with Gasteiger partial charge in [0.2, 0.25) is 0 Å². The Labute approximate surface area is 147 Å². The summed E-state index contributed by atoms with van der Waals surface area (Å²) in [4.78, 5) is 2.43. The Morgan fingerprint density at radius 1 is 1.17 bits per heavy atom. The van der Waals surface area contributed by atoms with Crippen LogP contribution in [0.25, 0.3) is 0 Å². The first-order valence-electron chi connectivity index (χ1n) is 8.39. The van der Waals surface area contributed by atoms with E-state index in [1.165, 1.54) is 0 Å². The fourth-order valence-corrected chi connectivity index (χ4v) is 3.63. The van der Waals surface area contributed by atoms with Crippen molar-refractivity contribution in [3.63, 3.8) is 0 Å². The number of nitrogens with zero attached hydrogens (tertiary/aromatic N) is 4. The number of para-hydroxylation sites is 1. The minimum atomic E-state index is 0.439. The molecule has 7 heteroatoms. The third kappa shape index (κ3) is 4.72. The van der Waals surface area contributed by atoms with Gasteiger partial charge in [0, 0.05) is 31.9 Å². The van der Waals surface area contributed by atoms with Crippen LogP contribution in [-0.2, 0) is 17.9 Å². The number of rotatable bonds is 8. The zero-order valence-corrected chi connectivity index (χ0v) is 14.9. The third-order valence-electron chi connectivity index (χ3n) is 3.96. The number of hydrogen-bond donors (Lipinski definition) is 0. The van der Waals surface area contributed by atoms with Crippen LogP contribution in [0.1, 0.15) is 12.7 Å². The van der Waals surface area contributed by atoms with Gasteiger partial charge in [-0.3, -0.25) is 4.90 Å². The van der Waals surface area contributed by atoms with Gasteiger partial charge in [0.25, 0.3) is 0 Å². The molecule has 0 unspecified atom stereocenters. The van der Waals surface area contributed by atoms with E-state index in [2.05, 4.69) is 26.6 Å². The summed E-state index contributed by atoms with van der Waals surface area (Å²) >= 11 is 1.76. The SMILES string of the molecule is CCn1c(COc2ccccc2)nnc1SCCN1CCOCC1. The lowest BCUT2D eigenvalue weighted by Crippen LogP contribution is -2.37. The van der Waals surface area contributed by atoms with Crippen LogP contribution in [-0.4, -0.2) is 58.3 Å². The minimum Gasteiger partial charge on any atom is -0.486 e. The second-order valence-corrected chi connectivity index (χ2v) is 6.61. The van der Waals surface area contributed by atoms with Crippen LogP contribution >= 0.6 is 11.8 Å². The van der Waals surface area contributed by atoms with Crippen molar-refractivity contribution in [1.29, 1.82) is 0 Å². The summed E-state index contributed by atoms with van der Waals surface area (Å²) in [7, 11) is 0. The van der Waals surface area contributed by atoms with E-state index < -0.39 is 0 Å². The number of aromatic nitrogens is 3. The van der Waals surface area contributed by atoms with E-state index in [0.717, 1.165) is 61.9 Å². The Kier molecular flexibility index (Phi) is 6.51. The Bertz CT molecular complexity index is 614. The van der Waals surface area contributed by atoms with E-state index in [4.69, 9.17) is 9.47 Å². The summed E-state index contributed by atoms with van der Waals surface area (Å²) in [6, 6.07) is 9.81. The van der Waals surface area contributed by atoms with E-state index in [9.17, 15) is 0 Å². The summed E-state index contributed by atoms with van der Waals surface area (Å²) in [5, 5.41) is 9.61. The summed E-state index contributed by atoms with van der Waals surface area (Å²) in [5.74, 6) is 2.73. The highest BCUT2D eigenvalue weighted by Gasteiger charge is 2.14. The van der Waals surface area contributed by atoms with Gasteiger partial charge < -0.3 is 14.0 Å². The first kappa shape index (κ1) is 17.3. The van der Waals surface area contributed by atoms with Crippen LogP contribution < -0.4 is 4.74 Å². The van der Waals surface area contributed by atoms with Gasteiger partial charge in [-0.25, -0.2) is 0 Å². The molecule has 1 aliphatic heterocycles. The van der Waals surface area contributed by atoms with Crippen molar-refractivity contribution in [3.05, 3.63) is 36.2 Å². The fraction of sp³-hybridized carbons (Fsp3) is 0.529. The number of hydrogen-bond acceptors (Lipinski definition) is 6. The van der Waals surface area contributed by atoms with Crippen molar-refractivity contribution in [3.8, 4) is 5.75 Å². The lowest BCUT2D eigenvalue weighted by Gasteiger charge is -2.26. The van der Waals surface area contributed by atoms with Crippen molar-refractivity contribution in [2.45, 2.75) is 25.2 Å². The van der Waals surface area contributed by atoms with Gasteiger partial charge in [0.05, 0.1) is 13.2 Å². The van der Waals surface area contributed by atoms with E-state index in [1.807, 2.05) is 30.3 Å².